The van der Waals surface area contributed by atoms with E-state index in [0.29, 0.717) is 16.4 Å². The summed E-state index contributed by atoms with van der Waals surface area (Å²) in [5.41, 5.74) is 1.17. The summed E-state index contributed by atoms with van der Waals surface area (Å²) in [5, 5.41) is 3.48. The fourth-order valence-electron chi connectivity index (χ4n) is 3.25. The maximum Gasteiger partial charge on any atom is 0.0269 e. The van der Waals surface area contributed by atoms with E-state index < -0.39 is 0 Å². The van der Waals surface area contributed by atoms with Crippen LogP contribution in [0.5, 0.6) is 0 Å². The van der Waals surface area contributed by atoms with E-state index in [1.54, 1.807) is 0 Å². The minimum absolute atomic E-state index is 0.314. The van der Waals surface area contributed by atoms with Gasteiger partial charge in [-0.05, 0) is 30.7 Å². The molecule has 0 bridgehead atoms. The Balaban J connectivity index is 2.99. The van der Waals surface area contributed by atoms with Gasteiger partial charge in [-0.25, -0.2) is 0 Å². The molecule has 0 aromatic heterocycles. The van der Waals surface area contributed by atoms with E-state index in [4.69, 9.17) is 0 Å². The molecule has 0 aromatic rings. The van der Waals surface area contributed by atoms with E-state index in [1.807, 2.05) is 0 Å². The van der Waals surface area contributed by atoms with E-state index >= 15 is 0 Å². The second-order valence-electron chi connectivity index (χ2n) is 5.36. The molecule has 1 aliphatic carbocycles. The standard InChI is InChI=1S/C11H23N/c1-8(2)10(5)9(3,4)11(10,6)12-7/h8,12H,1-7H3. The SMILES string of the molecule is CNC1(C)C(C)(C)C1(C)C(C)C. The second kappa shape index (κ2) is 2.25. The molecular weight excluding hydrogens is 146 g/mol. The highest BCUT2D eigenvalue weighted by Gasteiger charge is 2.77. The van der Waals surface area contributed by atoms with Crippen LogP contribution in [0.25, 0.3) is 0 Å². The third-order valence-electron chi connectivity index (χ3n) is 5.18. The summed E-state index contributed by atoms with van der Waals surface area (Å²) >= 11 is 0. The Kier molecular flexibility index (Phi) is 1.89. The molecule has 1 rings (SSSR count). The molecule has 2 atom stereocenters. The van der Waals surface area contributed by atoms with Gasteiger partial charge < -0.3 is 5.32 Å². The Morgan fingerprint density at radius 3 is 1.50 bits per heavy atom. The minimum Gasteiger partial charge on any atom is -0.313 e. The summed E-state index contributed by atoms with van der Waals surface area (Å²) in [6.07, 6.45) is 0. The van der Waals surface area contributed by atoms with Crippen LogP contribution in [-0.4, -0.2) is 12.6 Å². The molecule has 0 aromatic carbocycles. The smallest absolute Gasteiger partial charge is 0.0269 e. The predicted octanol–water partition coefficient (Wildman–Crippen LogP) is 2.67. The van der Waals surface area contributed by atoms with Crippen molar-refractivity contribution in [3.05, 3.63) is 0 Å². The van der Waals surface area contributed by atoms with Gasteiger partial charge in [0.05, 0.1) is 0 Å². The normalized spacial score (nSPS) is 45.0. The molecule has 0 aliphatic heterocycles. The van der Waals surface area contributed by atoms with Crippen LogP contribution in [0.15, 0.2) is 0 Å². The maximum absolute atomic E-state index is 3.48. The van der Waals surface area contributed by atoms with Crippen molar-refractivity contribution in [1.82, 2.24) is 5.32 Å². The quantitative estimate of drug-likeness (QED) is 0.670. The molecule has 0 saturated heterocycles. The lowest BCUT2D eigenvalue weighted by molar-refractivity contribution is 0.292. The summed E-state index contributed by atoms with van der Waals surface area (Å²) in [4.78, 5) is 0. The van der Waals surface area contributed by atoms with Crippen LogP contribution < -0.4 is 5.32 Å². The first-order chi connectivity index (χ1) is 5.25. The van der Waals surface area contributed by atoms with Gasteiger partial charge in [0.25, 0.3) is 0 Å². The first kappa shape index (κ1) is 10.0. The highest BCUT2D eigenvalue weighted by Crippen LogP contribution is 2.74. The molecule has 12 heavy (non-hydrogen) atoms. The van der Waals surface area contributed by atoms with Crippen molar-refractivity contribution < 1.29 is 0 Å². The molecule has 2 unspecified atom stereocenters. The fourth-order valence-corrected chi connectivity index (χ4v) is 3.25. The first-order valence-corrected chi connectivity index (χ1v) is 4.94. The lowest BCUT2D eigenvalue weighted by Crippen LogP contribution is -2.33. The second-order valence-corrected chi connectivity index (χ2v) is 5.36. The van der Waals surface area contributed by atoms with Gasteiger partial charge in [0, 0.05) is 5.54 Å². The fraction of sp³-hybridized carbons (Fsp3) is 1.00. The zero-order valence-corrected chi connectivity index (χ0v) is 9.58. The molecule has 1 aliphatic rings. The van der Waals surface area contributed by atoms with E-state index in [1.165, 1.54) is 0 Å². The molecule has 1 fully saturated rings. The topological polar surface area (TPSA) is 12.0 Å². The number of hydrogen-bond donors (Lipinski definition) is 1. The molecule has 1 N–H and O–H groups in total. The maximum atomic E-state index is 3.48. The molecule has 0 amide bonds. The number of nitrogens with one attached hydrogen (secondary N) is 1. The first-order valence-electron chi connectivity index (χ1n) is 4.94. The van der Waals surface area contributed by atoms with Gasteiger partial charge in [-0.1, -0.05) is 34.6 Å². The van der Waals surface area contributed by atoms with E-state index in [9.17, 15) is 0 Å². The van der Waals surface area contributed by atoms with Gasteiger partial charge in [-0.3, -0.25) is 0 Å². The molecule has 72 valence electrons. The summed E-state index contributed by atoms with van der Waals surface area (Å²) in [5.74, 6) is 0.741. The highest BCUT2D eigenvalue weighted by molar-refractivity contribution is 5.30. The van der Waals surface area contributed by atoms with Gasteiger partial charge in [0.1, 0.15) is 0 Å². The number of hydrogen-bond acceptors (Lipinski definition) is 1. The van der Waals surface area contributed by atoms with Crippen LogP contribution in [0.2, 0.25) is 0 Å². The molecular formula is C11H23N. The number of rotatable bonds is 2. The van der Waals surface area contributed by atoms with Gasteiger partial charge in [0.15, 0.2) is 0 Å². The molecule has 1 saturated carbocycles. The third-order valence-corrected chi connectivity index (χ3v) is 5.18. The summed E-state index contributed by atoms with van der Waals surface area (Å²) < 4.78 is 0. The van der Waals surface area contributed by atoms with E-state index in [-0.39, 0.29) is 0 Å². The van der Waals surface area contributed by atoms with Crippen LogP contribution in [-0.2, 0) is 0 Å². The monoisotopic (exact) mass is 169 g/mol. The zero-order chi connectivity index (χ0) is 9.78. The predicted molar refractivity (Wildman–Crippen MR) is 54.2 cm³/mol. The van der Waals surface area contributed by atoms with Crippen molar-refractivity contribution in [3.63, 3.8) is 0 Å². The van der Waals surface area contributed by atoms with Crippen LogP contribution >= 0.6 is 0 Å². The van der Waals surface area contributed by atoms with Crippen LogP contribution in [0.1, 0.15) is 41.5 Å². The lowest BCUT2D eigenvalue weighted by Gasteiger charge is -2.21. The Labute approximate surface area is 76.9 Å². The Morgan fingerprint density at radius 2 is 1.42 bits per heavy atom. The van der Waals surface area contributed by atoms with Crippen molar-refractivity contribution in [2.45, 2.75) is 47.1 Å². The van der Waals surface area contributed by atoms with Gasteiger partial charge in [0.2, 0.25) is 0 Å². The van der Waals surface area contributed by atoms with Gasteiger partial charge in [-0.2, -0.15) is 0 Å². The van der Waals surface area contributed by atoms with Crippen molar-refractivity contribution >= 4 is 0 Å². The summed E-state index contributed by atoms with van der Waals surface area (Å²) in [7, 11) is 2.08. The zero-order valence-electron chi connectivity index (χ0n) is 9.58. The molecule has 0 heterocycles. The molecule has 0 spiro atoms. The van der Waals surface area contributed by atoms with Gasteiger partial charge >= 0.3 is 0 Å². The third kappa shape index (κ3) is 0.693. The summed E-state index contributed by atoms with van der Waals surface area (Å²) in [6.45, 7) is 14.1. The van der Waals surface area contributed by atoms with Crippen molar-refractivity contribution in [1.29, 1.82) is 0 Å². The van der Waals surface area contributed by atoms with E-state index in [0.717, 1.165) is 5.92 Å². The van der Waals surface area contributed by atoms with Crippen LogP contribution in [0.3, 0.4) is 0 Å². The lowest BCUT2D eigenvalue weighted by atomic mass is 9.86. The molecule has 1 heteroatoms. The Hall–Kier alpha value is -0.0400. The highest BCUT2D eigenvalue weighted by atomic mass is 15.1. The van der Waals surface area contributed by atoms with Crippen molar-refractivity contribution in [3.8, 4) is 0 Å². The minimum atomic E-state index is 0.314. The Bertz CT molecular complexity index is 195. The van der Waals surface area contributed by atoms with Crippen molar-refractivity contribution in [2.24, 2.45) is 16.7 Å². The summed E-state index contributed by atoms with van der Waals surface area (Å²) in [6, 6.07) is 0. The molecule has 0 radical (unpaired) electrons. The van der Waals surface area contributed by atoms with Gasteiger partial charge in [-0.15, -0.1) is 0 Å². The van der Waals surface area contributed by atoms with Crippen LogP contribution in [0.4, 0.5) is 0 Å². The van der Waals surface area contributed by atoms with E-state index in [2.05, 4.69) is 53.9 Å². The average Bonchev–Trinajstić information content (AvgIpc) is 2.32. The Morgan fingerprint density at radius 1 is 1.00 bits per heavy atom. The largest absolute Gasteiger partial charge is 0.313 e. The van der Waals surface area contributed by atoms with Crippen molar-refractivity contribution in [2.75, 3.05) is 7.05 Å². The molecule has 1 nitrogen and oxygen atoms in total. The van der Waals surface area contributed by atoms with Crippen LogP contribution in [0, 0.1) is 16.7 Å². The average molecular weight is 169 g/mol.